The van der Waals surface area contributed by atoms with E-state index in [2.05, 4.69) is 38.9 Å². The van der Waals surface area contributed by atoms with E-state index in [4.69, 9.17) is 11.2 Å². The first-order chi connectivity index (χ1) is 8.12. The third-order valence-electron chi connectivity index (χ3n) is 4.40. The Morgan fingerprint density at radius 2 is 2.18 bits per heavy atom. The highest BCUT2D eigenvalue weighted by atomic mass is 16.5. The molecule has 1 N–H and O–H groups in total. The van der Waals surface area contributed by atoms with Crippen LogP contribution in [0, 0.1) is 17.8 Å². The molecule has 1 rings (SSSR count). The fourth-order valence-electron chi connectivity index (χ4n) is 2.76. The van der Waals surface area contributed by atoms with Gasteiger partial charge in [-0.15, -0.1) is 12.3 Å². The van der Waals surface area contributed by atoms with Gasteiger partial charge in [0.2, 0.25) is 0 Å². The van der Waals surface area contributed by atoms with Crippen LogP contribution in [0.15, 0.2) is 0 Å². The number of ether oxygens (including phenoxy) is 1. The molecule has 0 radical (unpaired) electrons. The molecule has 4 atom stereocenters. The lowest BCUT2D eigenvalue weighted by atomic mass is 9.61. The molecule has 0 aliphatic heterocycles. The lowest BCUT2D eigenvalue weighted by Crippen LogP contribution is -2.63. The van der Waals surface area contributed by atoms with Gasteiger partial charge in [-0.2, -0.15) is 0 Å². The van der Waals surface area contributed by atoms with E-state index in [9.17, 15) is 0 Å². The van der Waals surface area contributed by atoms with Crippen molar-refractivity contribution in [2.24, 2.45) is 5.41 Å². The zero-order valence-electron chi connectivity index (χ0n) is 11.8. The summed E-state index contributed by atoms with van der Waals surface area (Å²) in [6, 6.07) is 1.01. The summed E-state index contributed by atoms with van der Waals surface area (Å²) in [5.74, 6) is 2.76. The summed E-state index contributed by atoms with van der Waals surface area (Å²) in [7, 11) is 0. The van der Waals surface area contributed by atoms with Crippen LogP contribution in [0.25, 0.3) is 0 Å². The summed E-state index contributed by atoms with van der Waals surface area (Å²) in [4.78, 5) is 0. The van der Waals surface area contributed by atoms with Crippen molar-refractivity contribution in [1.82, 2.24) is 5.32 Å². The second-order valence-corrected chi connectivity index (χ2v) is 5.27. The third kappa shape index (κ3) is 3.03. The van der Waals surface area contributed by atoms with Crippen molar-refractivity contribution in [2.45, 2.75) is 71.6 Å². The number of terminal acetylenes is 1. The quantitative estimate of drug-likeness (QED) is 0.687. The van der Waals surface area contributed by atoms with Gasteiger partial charge in [0.1, 0.15) is 0 Å². The predicted molar refractivity (Wildman–Crippen MR) is 72.9 cm³/mol. The van der Waals surface area contributed by atoms with E-state index in [1.54, 1.807) is 0 Å². The molecule has 1 aliphatic carbocycles. The van der Waals surface area contributed by atoms with E-state index < -0.39 is 0 Å². The normalized spacial score (nSPS) is 33.8. The SMILES string of the molecule is C#CCC(CC)NC1CC(OCC)C1(C)CC. The minimum Gasteiger partial charge on any atom is -0.378 e. The van der Waals surface area contributed by atoms with E-state index in [1.165, 1.54) is 0 Å². The molecular formula is C15H27NO. The summed E-state index contributed by atoms with van der Waals surface area (Å²) in [6.45, 7) is 9.66. The molecule has 0 aromatic heterocycles. The van der Waals surface area contributed by atoms with Crippen LogP contribution in [0.2, 0.25) is 0 Å². The first kappa shape index (κ1) is 14.5. The summed E-state index contributed by atoms with van der Waals surface area (Å²) in [6.07, 6.45) is 10.0. The molecule has 2 heteroatoms. The second-order valence-electron chi connectivity index (χ2n) is 5.27. The van der Waals surface area contributed by atoms with Crippen molar-refractivity contribution < 1.29 is 4.74 Å². The van der Waals surface area contributed by atoms with Crippen molar-refractivity contribution in [3.63, 3.8) is 0 Å². The molecule has 0 spiro atoms. The van der Waals surface area contributed by atoms with Gasteiger partial charge in [0.25, 0.3) is 0 Å². The van der Waals surface area contributed by atoms with Gasteiger partial charge in [-0.25, -0.2) is 0 Å². The second kappa shape index (κ2) is 6.42. The molecule has 0 aromatic rings. The summed E-state index contributed by atoms with van der Waals surface area (Å²) < 4.78 is 5.81. The van der Waals surface area contributed by atoms with Gasteiger partial charge >= 0.3 is 0 Å². The average Bonchev–Trinajstić information content (AvgIpc) is 2.35. The van der Waals surface area contributed by atoms with Crippen molar-refractivity contribution in [1.29, 1.82) is 0 Å². The number of rotatable bonds is 7. The summed E-state index contributed by atoms with van der Waals surface area (Å²) in [5.41, 5.74) is 0.276. The highest BCUT2D eigenvalue weighted by molar-refractivity contribution is 5.06. The van der Waals surface area contributed by atoms with Crippen LogP contribution in [0.5, 0.6) is 0 Å². The van der Waals surface area contributed by atoms with Gasteiger partial charge in [-0.1, -0.05) is 20.8 Å². The van der Waals surface area contributed by atoms with Crippen LogP contribution in [-0.2, 0) is 4.74 Å². The van der Waals surface area contributed by atoms with Gasteiger partial charge < -0.3 is 10.1 Å². The minimum absolute atomic E-state index is 0.276. The standard InChI is InChI=1S/C15H27NO/c1-6-10-12(7-2)16-13-11-14(17-9-4)15(13,5)8-3/h1,12-14,16H,7-11H2,2-5H3. The van der Waals surface area contributed by atoms with Crippen LogP contribution in [0.3, 0.4) is 0 Å². The largest absolute Gasteiger partial charge is 0.378 e. The van der Waals surface area contributed by atoms with E-state index in [-0.39, 0.29) is 5.41 Å². The Balaban J connectivity index is 2.53. The Bertz CT molecular complexity index is 271. The Kier molecular flexibility index (Phi) is 5.49. The highest BCUT2D eigenvalue weighted by Gasteiger charge is 2.51. The Morgan fingerprint density at radius 1 is 1.47 bits per heavy atom. The maximum absolute atomic E-state index is 5.81. The molecule has 2 nitrogen and oxygen atoms in total. The monoisotopic (exact) mass is 237 g/mol. The third-order valence-corrected chi connectivity index (χ3v) is 4.40. The topological polar surface area (TPSA) is 21.3 Å². The maximum Gasteiger partial charge on any atom is 0.0658 e. The average molecular weight is 237 g/mol. The zero-order valence-corrected chi connectivity index (χ0v) is 11.8. The lowest BCUT2D eigenvalue weighted by Gasteiger charge is -2.54. The smallest absolute Gasteiger partial charge is 0.0658 e. The summed E-state index contributed by atoms with van der Waals surface area (Å²) in [5, 5.41) is 3.71. The molecule has 4 unspecified atom stereocenters. The predicted octanol–water partition coefficient (Wildman–Crippen LogP) is 2.97. The molecule has 1 aliphatic rings. The highest BCUT2D eigenvalue weighted by Crippen LogP contribution is 2.46. The number of hydrogen-bond acceptors (Lipinski definition) is 2. The molecule has 0 heterocycles. The molecule has 0 amide bonds. The first-order valence-corrected chi connectivity index (χ1v) is 6.93. The van der Waals surface area contributed by atoms with Gasteiger partial charge in [0.15, 0.2) is 0 Å². The molecule has 98 valence electrons. The number of hydrogen-bond donors (Lipinski definition) is 1. The maximum atomic E-state index is 5.81. The van der Waals surface area contributed by atoms with Gasteiger partial charge in [0, 0.05) is 30.5 Å². The number of nitrogens with one attached hydrogen (secondary N) is 1. The van der Waals surface area contributed by atoms with Crippen LogP contribution >= 0.6 is 0 Å². The Morgan fingerprint density at radius 3 is 2.65 bits per heavy atom. The first-order valence-electron chi connectivity index (χ1n) is 6.93. The van der Waals surface area contributed by atoms with Crippen LogP contribution in [-0.4, -0.2) is 24.8 Å². The Labute approximate surface area is 107 Å². The zero-order chi connectivity index (χ0) is 12.9. The van der Waals surface area contributed by atoms with Crippen LogP contribution in [0.4, 0.5) is 0 Å². The van der Waals surface area contributed by atoms with Gasteiger partial charge in [-0.3, -0.25) is 0 Å². The van der Waals surface area contributed by atoms with E-state index in [0.29, 0.717) is 18.2 Å². The molecule has 0 aromatic carbocycles. The minimum atomic E-state index is 0.276. The summed E-state index contributed by atoms with van der Waals surface area (Å²) >= 11 is 0. The van der Waals surface area contributed by atoms with Crippen molar-refractivity contribution in [3.8, 4) is 12.3 Å². The molecule has 1 saturated carbocycles. The fraction of sp³-hybridized carbons (Fsp3) is 0.867. The van der Waals surface area contributed by atoms with Crippen molar-refractivity contribution >= 4 is 0 Å². The van der Waals surface area contributed by atoms with E-state index in [0.717, 1.165) is 32.3 Å². The van der Waals surface area contributed by atoms with Crippen molar-refractivity contribution in [2.75, 3.05) is 6.61 Å². The van der Waals surface area contributed by atoms with Gasteiger partial charge in [-0.05, 0) is 26.2 Å². The molecule has 0 saturated heterocycles. The van der Waals surface area contributed by atoms with Crippen molar-refractivity contribution in [3.05, 3.63) is 0 Å². The van der Waals surface area contributed by atoms with Crippen LogP contribution < -0.4 is 5.32 Å². The molecule has 0 bridgehead atoms. The van der Waals surface area contributed by atoms with E-state index >= 15 is 0 Å². The lowest BCUT2D eigenvalue weighted by molar-refractivity contribution is -0.128. The molecular weight excluding hydrogens is 210 g/mol. The fourth-order valence-corrected chi connectivity index (χ4v) is 2.76. The Hall–Kier alpha value is -0.520. The molecule has 1 fully saturated rings. The molecule has 17 heavy (non-hydrogen) atoms. The van der Waals surface area contributed by atoms with Gasteiger partial charge in [0.05, 0.1) is 6.10 Å². The van der Waals surface area contributed by atoms with Crippen LogP contribution in [0.1, 0.15) is 53.4 Å². The van der Waals surface area contributed by atoms with E-state index in [1.807, 2.05) is 0 Å².